The van der Waals surface area contributed by atoms with Gasteiger partial charge in [0.2, 0.25) is 0 Å². The molecule has 1 amide bonds. The molecule has 0 unspecified atom stereocenters. The summed E-state index contributed by atoms with van der Waals surface area (Å²) in [6.45, 7) is 5.08. The predicted octanol–water partition coefficient (Wildman–Crippen LogP) is 1.55. The molecular weight excluding hydrogens is 308 g/mol. The van der Waals surface area contributed by atoms with E-state index in [9.17, 15) is 23.3 Å². The van der Waals surface area contributed by atoms with Crippen molar-refractivity contribution >= 4 is 21.4 Å². The quantitative estimate of drug-likeness (QED) is 0.606. The van der Waals surface area contributed by atoms with Gasteiger partial charge in [0, 0.05) is 30.3 Å². The standard InChI is InChI=1S/C14H18N2O5S/c1-9-8-12(16(18)19)4-5-13(9)14(17)15-6-7-22(20,21)11(3)10(15)2/h4-5,8,10-11H,6-7H2,1-3H3/t10-,11+/m1/s1. The van der Waals surface area contributed by atoms with E-state index in [1.807, 2.05) is 0 Å². The van der Waals surface area contributed by atoms with Crippen LogP contribution in [0.4, 0.5) is 5.69 Å². The van der Waals surface area contributed by atoms with Crippen molar-refractivity contribution in [1.29, 1.82) is 0 Å². The van der Waals surface area contributed by atoms with E-state index >= 15 is 0 Å². The maximum absolute atomic E-state index is 12.6. The summed E-state index contributed by atoms with van der Waals surface area (Å²) >= 11 is 0. The van der Waals surface area contributed by atoms with Gasteiger partial charge < -0.3 is 4.90 Å². The average Bonchev–Trinajstić information content (AvgIpc) is 2.44. The summed E-state index contributed by atoms with van der Waals surface area (Å²) in [5.74, 6) is -0.349. The van der Waals surface area contributed by atoms with Gasteiger partial charge in [-0.2, -0.15) is 0 Å². The molecule has 1 heterocycles. The average molecular weight is 326 g/mol. The third-order valence-corrected chi connectivity index (χ3v) is 6.54. The highest BCUT2D eigenvalue weighted by Crippen LogP contribution is 2.24. The van der Waals surface area contributed by atoms with E-state index in [4.69, 9.17) is 0 Å². The van der Waals surface area contributed by atoms with Crippen LogP contribution < -0.4 is 0 Å². The predicted molar refractivity (Wildman–Crippen MR) is 81.6 cm³/mol. The topological polar surface area (TPSA) is 97.6 Å². The number of nitro benzene ring substituents is 1. The van der Waals surface area contributed by atoms with Gasteiger partial charge in [-0.15, -0.1) is 0 Å². The Morgan fingerprint density at radius 3 is 2.55 bits per heavy atom. The zero-order valence-corrected chi connectivity index (χ0v) is 13.5. The number of hydrogen-bond donors (Lipinski definition) is 0. The van der Waals surface area contributed by atoms with Crippen molar-refractivity contribution in [3.05, 3.63) is 39.4 Å². The molecule has 2 rings (SSSR count). The highest BCUT2D eigenvalue weighted by molar-refractivity contribution is 7.92. The van der Waals surface area contributed by atoms with Crippen LogP contribution in [-0.2, 0) is 9.84 Å². The van der Waals surface area contributed by atoms with Crippen molar-refractivity contribution in [3.63, 3.8) is 0 Å². The fourth-order valence-corrected chi connectivity index (χ4v) is 4.18. The van der Waals surface area contributed by atoms with E-state index in [-0.39, 0.29) is 23.9 Å². The summed E-state index contributed by atoms with van der Waals surface area (Å²) in [7, 11) is -3.17. The van der Waals surface area contributed by atoms with Gasteiger partial charge in [-0.25, -0.2) is 8.42 Å². The normalized spacial score (nSPS) is 24.0. The van der Waals surface area contributed by atoms with E-state index < -0.39 is 26.1 Å². The van der Waals surface area contributed by atoms with Crippen molar-refractivity contribution in [1.82, 2.24) is 4.90 Å². The van der Waals surface area contributed by atoms with Crippen LogP contribution in [-0.4, -0.2) is 47.7 Å². The zero-order chi connectivity index (χ0) is 16.7. The number of hydrogen-bond acceptors (Lipinski definition) is 5. The second-order valence-electron chi connectivity index (χ2n) is 5.57. The number of carbonyl (C=O) groups excluding carboxylic acids is 1. The number of carbonyl (C=O) groups is 1. The SMILES string of the molecule is Cc1cc([N+](=O)[O-])ccc1C(=O)N1CCS(=O)(=O)[C@@H](C)[C@H]1C. The lowest BCUT2D eigenvalue weighted by Crippen LogP contribution is -2.54. The third-order valence-electron chi connectivity index (χ3n) is 4.27. The van der Waals surface area contributed by atoms with Crippen LogP contribution >= 0.6 is 0 Å². The van der Waals surface area contributed by atoms with E-state index in [2.05, 4.69) is 0 Å². The molecule has 0 spiro atoms. The lowest BCUT2D eigenvalue weighted by atomic mass is 10.0. The molecule has 1 aromatic carbocycles. The molecule has 0 N–H and O–H groups in total. The molecule has 2 atom stereocenters. The molecule has 0 bridgehead atoms. The highest BCUT2D eigenvalue weighted by Gasteiger charge is 2.38. The molecule has 0 aromatic heterocycles. The van der Waals surface area contributed by atoms with Crippen molar-refractivity contribution in [2.45, 2.75) is 32.1 Å². The maximum Gasteiger partial charge on any atom is 0.269 e. The lowest BCUT2D eigenvalue weighted by Gasteiger charge is -2.37. The Morgan fingerprint density at radius 1 is 1.36 bits per heavy atom. The molecule has 0 radical (unpaired) electrons. The molecule has 7 nitrogen and oxygen atoms in total. The Kier molecular flexibility index (Phi) is 4.23. The van der Waals surface area contributed by atoms with Gasteiger partial charge in [0.1, 0.15) is 0 Å². The molecular formula is C14H18N2O5S. The number of nitro groups is 1. The van der Waals surface area contributed by atoms with Gasteiger partial charge in [0.05, 0.1) is 15.9 Å². The van der Waals surface area contributed by atoms with Crippen LogP contribution in [0.1, 0.15) is 29.8 Å². The van der Waals surface area contributed by atoms with E-state index in [0.29, 0.717) is 11.1 Å². The number of non-ortho nitro benzene ring substituents is 1. The summed E-state index contributed by atoms with van der Waals surface area (Å²) in [6, 6.07) is 3.63. The number of sulfone groups is 1. The number of rotatable bonds is 2. The summed E-state index contributed by atoms with van der Waals surface area (Å²) in [4.78, 5) is 24.4. The first kappa shape index (κ1) is 16.4. The number of benzene rings is 1. The van der Waals surface area contributed by atoms with Crippen LogP contribution in [0, 0.1) is 17.0 Å². The number of amides is 1. The van der Waals surface area contributed by atoms with E-state index in [0.717, 1.165) is 0 Å². The smallest absolute Gasteiger partial charge is 0.269 e. The summed E-state index contributed by atoms with van der Waals surface area (Å²) in [5, 5.41) is 10.1. The van der Waals surface area contributed by atoms with Crippen molar-refractivity contribution in [2.24, 2.45) is 0 Å². The molecule has 0 aliphatic carbocycles. The van der Waals surface area contributed by atoms with Crippen LogP contribution in [0.15, 0.2) is 18.2 Å². The minimum atomic E-state index is -3.17. The first-order chi connectivity index (χ1) is 10.1. The first-order valence-corrected chi connectivity index (χ1v) is 8.64. The maximum atomic E-state index is 12.6. The summed E-state index contributed by atoms with van der Waals surface area (Å²) in [6.07, 6.45) is 0. The molecule has 0 saturated carbocycles. The van der Waals surface area contributed by atoms with Crippen LogP contribution in [0.2, 0.25) is 0 Å². The Balaban J connectivity index is 2.31. The fraction of sp³-hybridized carbons (Fsp3) is 0.500. The minimum absolute atomic E-state index is 0.0593. The summed E-state index contributed by atoms with van der Waals surface area (Å²) in [5.41, 5.74) is 0.799. The molecule has 1 fully saturated rings. The minimum Gasteiger partial charge on any atom is -0.334 e. The molecule has 8 heteroatoms. The van der Waals surface area contributed by atoms with Gasteiger partial charge in [0.25, 0.3) is 11.6 Å². The van der Waals surface area contributed by atoms with Crippen molar-refractivity contribution in [2.75, 3.05) is 12.3 Å². The van der Waals surface area contributed by atoms with Crippen LogP contribution in [0.25, 0.3) is 0 Å². The third kappa shape index (κ3) is 2.83. The van der Waals surface area contributed by atoms with Gasteiger partial charge in [-0.1, -0.05) is 0 Å². The Bertz CT molecular complexity index is 729. The van der Waals surface area contributed by atoms with Crippen molar-refractivity contribution < 1.29 is 18.1 Å². The largest absolute Gasteiger partial charge is 0.334 e. The first-order valence-electron chi connectivity index (χ1n) is 6.92. The van der Waals surface area contributed by atoms with Crippen molar-refractivity contribution in [3.8, 4) is 0 Å². The fourth-order valence-electron chi connectivity index (χ4n) is 2.61. The Morgan fingerprint density at radius 2 is 2.00 bits per heavy atom. The highest BCUT2D eigenvalue weighted by atomic mass is 32.2. The van der Waals surface area contributed by atoms with Gasteiger partial charge >= 0.3 is 0 Å². The van der Waals surface area contributed by atoms with Crippen LogP contribution in [0.5, 0.6) is 0 Å². The molecule has 22 heavy (non-hydrogen) atoms. The monoisotopic (exact) mass is 326 g/mol. The van der Waals surface area contributed by atoms with Gasteiger partial charge in [-0.05, 0) is 32.4 Å². The van der Waals surface area contributed by atoms with Gasteiger partial charge in [0.15, 0.2) is 9.84 Å². The molecule has 1 saturated heterocycles. The molecule has 120 valence electrons. The van der Waals surface area contributed by atoms with Crippen LogP contribution in [0.3, 0.4) is 0 Å². The zero-order valence-electron chi connectivity index (χ0n) is 12.6. The Labute approximate surface area is 129 Å². The van der Waals surface area contributed by atoms with E-state index in [1.165, 1.54) is 23.1 Å². The lowest BCUT2D eigenvalue weighted by molar-refractivity contribution is -0.384. The second-order valence-corrected chi connectivity index (χ2v) is 8.05. The second kappa shape index (κ2) is 5.68. The molecule has 1 aliphatic heterocycles. The molecule has 1 aromatic rings. The number of nitrogens with zero attached hydrogens (tertiary/aromatic N) is 2. The number of aryl methyl sites for hydroxylation is 1. The van der Waals surface area contributed by atoms with E-state index in [1.54, 1.807) is 20.8 Å². The van der Waals surface area contributed by atoms with Gasteiger partial charge in [-0.3, -0.25) is 14.9 Å². The summed E-state index contributed by atoms with van der Waals surface area (Å²) < 4.78 is 23.7. The molecule has 1 aliphatic rings. The Hall–Kier alpha value is -1.96.